The summed E-state index contributed by atoms with van der Waals surface area (Å²) in [5, 5.41) is 3.40. The SMILES string of the molecule is COc1cccc2cc(C[NH+]3CC[NH2+]CC3)c(=O)n(C)c12. The maximum Gasteiger partial charge on any atom is 0.259 e. The Balaban J connectivity index is 2.04. The minimum absolute atomic E-state index is 0.0917. The molecule has 0 unspecified atom stereocenters. The van der Waals surface area contributed by atoms with E-state index in [0.717, 1.165) is 54.9 Å². The summed E-state index contributed by atoms with van der Waals surface area (Å²) in [6.45, 7) is 5.36. The third kappa shape index (κ3) is 2.66. The number of piperazine rings is 1. The number of hydrogen-bond donors (Lipinski definition) is 2. The van der Waals surface area contributed by atoms with E-state index < -0.39 is 0 Å². The number of quaternary nitrogens is 2. The number of pyridine rings is 1. The molecule has 0 atom stereocenters. The van der Waals surface area contributed by atoms with Gasteiger partial charge in [-0.25, -0.2) is 0 Å². The lowest BCUT2D eigenvalue weighted by atomic mass is 10.1. The Labute approximate surface area is 124 Å². The van der Waals surface area contributed by atoms with Gasteiger partial charge in [-0.05, 0) is 12.1 Å². The zero-order valence-corrected chi connectivity index (χ0v) is 12.7. The van der Waals surface area contributed by atoms with Gasteiger partial charge in [0, 0.05) is 12.4 Å². The number of nitrogens with two attached hydrogens (primary N) is 1. The number of fused-ring (bicyclic) bond motifs is 1. The number of aryl methyl sites for hydroxylation is 1. The molecular formula is C16H23N3O2+2. The van der Waals surface area contributed by atoms with Crippen LogP contribution in [0, 0.1) is 0 Å². The average molecular weight is 289 g/mol. The third-order valence-corrected chi connectivity index (χ3v) is 4.34. The maximum atomic E-state index is 12.6. The Hall–Kier alpha value is -1.85. The van der Waals surface area contributed by atoms with Crippen LogP contribution in [-0.4, -0.2) is 37.9 Å². The fraction of sp³-hybridized carbons (Fsp3) is 0.438. The fourth-order valence-electron chi connectivity index (χ4n) is 3.20. The van der Waals surface area contributed by atoms with Gasteiger partial charge in [0.05, 0.1) is 18.2 Å². The average Bonchev–Trinajstić information content (AvgIpc) is 2.52. The molecule has 21 heavy (non-hydrogen) atoms. The second kappa shape index (κ2) is 5.87. The second-order valence-corrected chi connectivity index (χ2v) is 5.72. The first-order chi connectivity index (χ1) is 10.2. The Kier molecular flexibility index (Phi) is 3.94. The van der Waals surface area contributed by atoms with Crippen LogP contribution in [0.2, 0.25) is 0 Å². The molecule has 5 nitrogen and oxygen atoms in total. The van der Waals surface area contributed by atoms with Gasteiger partial charge >= 0.3 is 0 Å². The zero-order valence-electron chi connectivity index (χ0n) is 12.7. The van der Waals surface area contributed by atoms with Crippen molar-refractivity contribution in [2.45, 2.75) is 6.54 Å². The Bertz CT molecular complexity index is 702. The van der Waals surface area contributed by atoms with Crippen LogP contribution in [0.4, 0.5) is 0 Å². The number of ether oxygens (including phenoxy) is 1. The van der Waals surface area contributed by atoms with E-state index in [1.807, 2.05) is 31.3 Å². The standard InChI is InChI=1S/C16H21N3O2/c1-18-15-12(4-3-5-14(15)21-2)10-13(16(18)20)11-19-8-6-17-7-9-19/h3-5,10,17H,6-9,11H2,1-2H3/p+2. The van der Waals surface area contributed by atoms with Crippen LogP contribution in [0.25, 0.3) is 10.9 Å². The molecule has 2 heterocycles. The van der Waals surface area contributed by atoms with Crippen molar-refractivity contribution < 1.29 is 15.0 Å². The molecule has 0 saturated carbocycles. The van der Waals surface area contributed by atoms with Crippen LogP contribution in [0.15, 0.2) is 29.1 Å². The minimum atomic E-state index is 0.0917. The van der Waals surface area contributed by atoms with Crippen molar-refractivity contribution in [1.82, 2.24) is 4.57 Å². The number of rotatable bonds is 3. The largest absolute Gasteiger partial charge is 0.495 e. The topological polar surface area (TPSA) is 52.3 Å². The van der Waals surface area contributed by atoms with Gasteiger partial charge in [-0.1, -0.05) is 12.1 Å². The summed E-state index contributed by atoms with van der Waals surface area (Å²) < 4.78 is 7.11. The van der Waals surface area contributed by atoms with Gasteiger partial charge in [0.1, 0.15) is 38.5 Å². The van der Waals surface area contributed by atoms with Gasteiger partial charge in [0.2, 0.25) is 0 Å². The molecule has 1 aliphatic heterocycles. The predicted molar refractivity (Wildman–Crippen MR) is 81.8 cm³/mol. The monoisotopic (exact) mass is 289 g/mol. The Morgan fingerprint density at radius 2 is 2.10 bits per heavy atom. The first-order valence-electron chi connectivity index (χ1n) is 7.51. The molecule has 112 valence electrons. The van der Waals surface area contributed by atoms with Crippen LogP contribution < -0.4 is 20.5 Å². The van der Waals surface area contributed by atoms with E-state index in [4.69, 9.17) is 4.74 Å². The third-order valence-electron chi connectivity index (χ3n) is 4.34. The van der Waals surface area contributed by atoms with E-state index in [0.29, 0.717) is 0 Å². The summed E-state index contributed by atoms with van der Waals surface area (Å²) in [6, 6.07) is 7.94. The lowest BCUT2D eigenvalue weighted by Gasteiger charge is -2.22. The van der Waals surface area contributed by atoms with Gasteiger partial charge in [-0.2, -0.15) is 0 Å². The van der Waals surface area contributed by atoms with Crippen LogP contribution in [0.1, 0.15) is 5.56 Å². The summed E-state index contributed by atoms with van der Waals surface area (Å²) in [4.78, 5) is 14.1. The molecule has 3 rings (SSSR count). The first-order valence-corrected chi connectivity index (χ1v) is 7.51. The van der Waals surface area contributed by atoms with Gasteiger partial charge in [0.25, 0.3) is 5.56 Å². The minimum Gasteiger partial charge on any atom is -0.495 e. The highest BCUT2D eigenvalue weighted by molar-refractivity contribution is 5.85. The lowest BCUT2D eigenvalue weighted by molar-refractivity contribution is -0.958. The highest BCUT2D eigenvalue weighted by Crippen LogP contribution is 2.23. The molecule has 3 N–H and O–H groups in total. The molecule has 1 aliphatic rings. The maximum absolute atomic E-state index is 12.6. The van der Waals surface area contributed by atoms with Gasteiger partial charge in [-0.15, -0.1) is 0 Å². The van der Waals surface area contributed by atoms with E-state index in [1.54, 1.807) is 11.7 Å². The molecule has 0 amide bonds. The molecule has 0 spiro atoms. The number of aromatic nitrogens is 1. The normalized spacial score (nSPS) is 16.3. The van der Waals surface area contributed by atoms with Crippen LogP contribution in [0.3, 0.4) is 0 Å². The first kappa shape index (κ1) is 14.1. The summed E-state index contributed by atoms with van der Waals surface area (Å²) in [5.74, 6) is 0.749. The van der Waals surface area contributed by atoms with Gasteiger partial charge < -0.3 is 19.5 Å². The van der Waals surface area contributed by atoms with E-state index in [9.17, 15) is 4.79 Å². The number of methoxy groups -OCH3 is 1. The van der Waals surface area contributed by atoms with Crippen molar-refractivity contribution in [3.8, 4) is 5.75 Å². The fourth-order valence-corrected chi connectivity index (χ4v) is 3.20. The molecule has 0 aliphatic carbocycles. The Morgan fingerprint density at radius 3 is 2.81 bits per heavy atom. The molecule has 0 radical (unpaired) electrons. The number of hydrogen-bond acceptors (Lipinski definition) is 2. The number of nitrogens with zero attached hydrogens (tertiary/aromatic N) is 1. The lowest BCUT2D eigenvalue weighted by Crippen LogP contribution is -3.19. The van der Waals surface area contributed by atoms with Crippen LogP contribution in [-0.2, 0) is 13.6 Å². The number of para-hydroxylation sites is 1. The summed E-state index contributed by atoms with van der Waals surface area (Å²) >= 11 is 0. The summed E-state index contributed by atoms with van der Waals surface area (Å²) in [7, 11) is 3.47. The van der Waals surface area contributed by atoms with E-state index in [-0.39, 0.29) is 5.56 Å². The molecule has 5 heteroatoms. The van der Waals surface area contributed by atoms with Gasteiger partial charge in [0.15, 0.2) is 0 Å². The van der Waals surface area contributed by atoms with Crippen LogP contribution in [0.5, 0.6) is 5.75 Å². The molecular weight excluding hydrogens is 266 g/mol. The summed E-state index contributed by atoms with van der Waals surface area (Å²) in [6.07, 6.45) is 0. The zero-order chi connectivity index (χ0) is 14.8. The van der Waals surface area contributed by atoms with Crippen molar-refractivity contribution in [3.05, 3.63) is 40.2 Å². The highest BCUT2D eigenvalue weighted by atomic mass is 16.5. The highest BCUT2D eigenvalue weighted by Gasteiger charge is 2.19. The predicted octanol–water partition coefficient (Wildman–Crippen LogP) is -1.49. The molecule has 0 bridgehead atoms. The van der Waals surface area contributed by atoms with E-state index in [2.05, 4.69) is 5.32 Å². The molecule has 1 aromatic carbocycles. The molecule has 1 saturated heterocycles. The van der Waals surface area contributed by atoms with Crippen molar-refractivity contribution in [1.29, 1.82) is 0 Å². The molecule has 1 aromatic heterocycles. The van der Waals surface area contributed by atoms with Crippen LogP contribution >= 0.6 is 0 Å². The summed E-state index contributed by atoms with van der Waals surface area (Å²) in [5.41, 5.74) is 1.86. The van der Waals surface area contributed by atoms with Crippen molar-refractivity contribution in [2.24, 2.45) is 7.05 Å². The number of nitrogens with one attached hydrogen (secondary N) is 1. The van der Waals surface area contributed by atoms with Crippen molar-refractivity contribution in [3.63, 3.8) is 0 Å². The number of benzene rings is 1. The van der Waals surface area contributed by atoms with Crippen molar-refractivity contribution in [2.75, 3.05) is 33.3 Å². The van der Waals surface area contributed by atoms with Crippen molar-refractivity contribution >= 4 is 10.9 Å². The van der Waals surface area contributed by atoms with E-state index >= 15 is 0 Å². The molecule has 2 aromatic rings. The van der Waals surface area contributed by atoms with Gasteiger partial charge in [-0.3, -0.25) is 4.79 Å². The second-order valence-electron chi connectivity index (χ2n) is 5.72. The Morgan fingerprint density at radius 1 is 1.33 bits per heavy atom. The smallest absolute Gasteiger partial charge is 0.259 e. The molecule has 1 fully saturated rings. The quantitative estimate of drug-likeness (QED) is 0.723. The van der Waals surface area contributed by atoms with E-state index in [1.165, 1.54) is 4.90 Å².